The molecule has 0 amide bonds. The standard InChI is InChI=1S/C40H31FN4S2/c1-46-38-24-22-36(47-38)35-25-42-37-23-19-29(26-44(35)37)34-27-45(43-39(34)28-17-20-33(41)21-18-28)40(30-11-5-2-6-12-30,31-13-7-3-8-14-31)32-15-9-4-10-16-32/h2-15,17-27,32H,16H2,1H3. The number of halogens is 1. The van der Waals surface area contributed by atoms with Crippen LogP contribution in [0.2, 0.25) is 0 Å². The van der Waals surface area contributed by atoms with Gasteiger partial charge >= 0.3 is 0 Å². The van der Waals surface area contributed by atoms with E-state index < -0.39 is 5.54 Å². The molecule has 7 heteroatoms. The molecular weight excluding hydrogens is 620 g/mol. The highest BCUT2D eigenvalue weighted by molar-refractivity contribution is 8.00. The molecule has 0 saturated carbocycles. The second kappa shape index (κ2) is 12.3. The Morgan fingerprint density at radius 3 is 2.19 bits per heavy atom. The molecule has 1 unspecified atom stereocenters. The van der Waals surface area contributed by atoms with E-state index in [1.54, 1.807) is 23.1 Å². The van der Waals surface area contributed by atoms with Crippen LogP contribution in [0.1, 0.15) is 17.5 Å². The lowest BCUT2D eigenvalue weighted by Gasteiger charge is -2.41. The van der Waals surface area contributed by atoms with Gasteiger partial charge in [-0.25, -0.2) is 9.37 Å². The van der Waals surface area contributed by atoms with Gasteiger partial charge in [-0.2, -0.15) is 5.10 Å². The molecule has 1 aliphatic carbocycles. The molecule has 0 aliphatic heterocycles. The molecule has 47 heavy (non-hydrogen) atoms. The zero-order chi connectivity index (χ0) is 31.8. The molecule has 3 aromatic carbocycles. The predicted molar refractivity (Wildman–Crippen MR) is 192 cm³/mol. The van der Waals surface area contributed by atoms with Crippen LogP contribution >= 0.6 is 23.1 Å². The minimum atomic E-state index is -0.660. The number of rotatable bonds is 8. The predicted octanol–water partition coefficient (Wildman–Crippen LogP) is 10.4. The maximum atomic E-state index is 14.2. The smallest absolute Gasteiger partial charge is 0.137 e. The average molecular weight is 651 g/mol. The van der Waals surface area contributed by atoms with Gasteiger partial charge in [0.1, 0.15) is 22.7 Å². The summed E-state index contributed by atoms with van der Waals surface area (Å²) in [4.78, 5) is 5.89. The molecule has 0 radical (unpaired) electrons. The Labute approximate surface area is 281 Å². The molecule has 7 aromatic rings. The Balaban J connectivity index is 1.40. The first kappa shape index (κ1) is 29.4. The fraction of sp³-hybridized carbons (Fsp3) is 0.100. The largest absolute Gasteiger partial charge is 0.298 e. The lowest BCUT2D eigenvalue weighted by atomic mass is 9.70. The van der Waals surface area contributed by atoms with Crippen LogP contribution in [-0.2, 0) is 5.54 Å². The number of nitrogens with zero attached hydrogens (tertiary/aromatic N) is 4. The number of pyridine rings is 1. The third-order valence-corrected chi connectivity index (χ3v) is 11.2. The molecule has 230 valence electrons. The average Bonchev–Trinajstić information content (AvgIpc) is 3.89. The lowest BCUT2D eigenvalue weighted by molar-refractivity contribution is 0.293. The van der Waals surface area contributed by atoms with Crippen LogP contribution in [0.25, 0.3) is 38.6 Å². The number of fused-ring (bicyclic) bond motifs is 1. The van der Waals surface area contributed by atoms with Gasteiger partial charge in [-0.15, -0.1) is 23.1 Å². The zero-order valence-corrected chi connectivity index (χ0v) is 27.3. The minimum Gasteiger partial charge on any atom is -0.298 e. The van der Waals surface area contributed by atoms with Gasteiger partial charge in [0.05, 0.1) is 21.0 Å². The molecule has 0 bridgehead atoms. The Hall–Kier alpha value is -4.98. The summed E-state index contributed by atoms with van der Waals surface area (Å²) >= 11 is 3.51. The third kappa shape index (κ3) is 5.16. The number of allylic oxidation sites excluding steroid dienone is 4. The molecular formula is C40H31FN4S2. The maximum Gasteiger partial charge on any atom is 0.137 e. The summed E-state index contributed by atoms with van der Waals surface area (Å²) in [7, 11) is 0. The first-order valence-corrected chi connectivity index (χ1v) is 17.6. The van der Waals surface area contributed by atoms with Gasteiger partial charge in [0.25, 0.3) is 0 Å². The lowest BCUT2D eigenvalue weighted by Crippen LogP contribution is -2.43. The summed E-state index contributed by atoms with van der Waals surface area (Å²) in [6.07, 6.45) is 18.0. The number of imidazole rings is 1. The van der Waals surface area contributed by atoms with Gasteiger partial charge in [0.2, 0.25) is 0 Å². The van der Waals surface area contributed by atoms with Crippen molar-refractivity contribution in [2.75, 3.05) is 6.26 Å². The molecule has 4 heterocycles. The maximum absolute atomic E-state index is 14.2. The van der Waals surface area contributed by atoms with Gasteiger partial charge in [-0.05, 0) is 72.3 Å². The van der Waals surface area contributed by atoms with E-state index in [9.17, 15) is 4.39 Å². The second-order valence-electron chi connectivity index (χ2n) is 11.6. The van der Waals surface area contributed by atoms with Crippen molar-refractivity contribution < 1.29 is 4.39 Å². The van der Waals surface area contributed by atoms with Crippen LogP contribution in [0.15, 0.2) is 156 Å². The van der Waals surface area contributed by atoms with Gasteiger partial charge in [-0.3, -0.25) is 9.08 Å². The monoisotopic (exact) mass is 650 g/mol. The van der Waals surface area contributed by atoms with E-state index in [0.717, 1.165) is 56.2 Å². The normalized spacial score (nSPS) is 14.6. The summed E-state index contributed by atoms with van der Waals surface area (Å²) in [6.45, 7) is 0. The van der Waals surface area contributed by atoms with Crippen molar-refractivity contribution in [3.05, 3.63) is 169 Å². The van der Waals surface area contributed by atoms with E-state index in [1.807, 2.05) is 18.3 Å². The molecule has 0 saturated heterocycles. The Morgan fingerprint density at radius 2 is 1.53 bits per heavy atom. The number of hydrogen-bond acceptors (Lipinski definition) is 4. The van der Waals surface area contributed by atoms with Crippen molar-refractivity contribution in [3.63, 3.8) is 0 Å². The summed E-state index contributed by atoms with van der Waals surface area (Å²) in [5.41, 5.74) is 7.15. The van der Waals surface area contributed by atoms with Crippen molar-refractivity contribution in [1.29, 1.82) is 0 Å². The van der Waals surface area contributed by atoms with Crippen molar-refractivity contribution >= 4 is 28.7 Å². The highest BCUT2D eigenvalue weighted by atomic mass is 32.2. The highest BCUT2D eigenvalue weighted by Crippen LogP contribution is 2.46. The first-order valence-electron chi connectivity index (χ1n) is 15.6. The number of aromatic nitrogens is 4. The number of thioether (sulfide) groups is 1. The third-order valence-electron chi connectivity index (χ3n) is 8.99. The van der Waals surface area contributed by atoms with Crippen LogP contribution in [-0.4, -0.2) is 25.4 Å². The number of thiophene rings is 1. The zero-order valence-electron chi connectivity index (χ0n) is 25.7. The van der Waals surface area contributed by atoms with E-state index >= 15 is 0 Å². The highest BCUT2D eigenvalue weighted by Gasteiger charge is 2.44. The molecule has 1 atom stereocenters. The van der Waals surface area contributed by atoms with Crippen LogP contribution in [0.4, 0.5) is 4.39 Å². The van der Waals surface area contributed by atoms with E-state index in [0.29, 0.717) is 0 Å². The number of benzene rings is 3. The molecule has 1 aliphatic rings. The quantitative estimate of drug-likeness (QED) is 0.154. The van der Waals surface area contributed by atoms with Crippen LogP contribution in [0.5, 0.6) is 0 Å². The molecule has 0 fully saturated rings. The molecule has 8 rings (SSSR count). The van der Waals surface area contributed by atoms with E-state index in [4.69, 9.17) is 10.1 Å². The Morgan fingerprint density at radius 1 is 0.809 bits per heavy atom. The summed E-state index contributed by atoms with van der Waals surface area (Å²) in [6, 6.07) is 36.4. The second-order valence-corrected chi connectivity index (χ2v) is 13.8. The summed E-state index contributed by atoms with van der Waals surface area (Å²) < 4.78 is 19.8. The fourth-order valence-electron chi connectivity index (χ4n) is 6.78. The SMILES string of the molecule is CSc1ccc(-c2cnc3ccc(-c4cn(C(c5ccccc5)(c5ccccc5)C5C=CC=CC5)nc4-c4ccc(F)cc4)cn23)s1. The van der Waals surface area contributed by atoms with Crippen LogP contribution in [0, 0.1) is 11.7 Å². The van der Waals surface area contributed by atoms with Crippen molar-refractivity contribution in [1.82, 2.24) is 19.2 Å². The molecule has 0 N–H and O–H groups in total. The summed E-state index contributed by atoms with van der Waals surface area (Å²) in [5.74, 6) is -0.194. The molecule has 4 aromatic heterocycles. The van der Waals surface area contributed by atoms with Crippen molar-refractivity contribution in [2.45, 2.75) is 16.2 Å². The molecule has 4 nitrogen and oxygen atoms in total. The number of hydrogen-bond donors (Lipinski definition) is 0. The topological polar surface area (TPSA) is 35.1 Å². The van der Waals surface area contributed by atoms with Gasteiger partial charge < -0.3 is 0 Å². The van der Waals surface area contributed by atoms with Gasteiger partial charge in [-0.1, -0.05) is 85.0 Å². The molecule has 0 spiro atoms. The Bertz CT molecular complexity index is 2190. The summed E-state index contributed by atoms with van der Waals surface area (Å²) in [5, 5.41) is 5.46. The van der Waals surface area contributed by atoms with Gasteiger partial charge in [0, 0.05) is 35.0 Å². The van der Waals surface area contributed by atoms with Crippen LogP contribution < -0.4 is 0 Å². The Kier molecular flexibility index (Phi) is 7.71. The van der Waals surface area contributed by atoms with Crippen molar-refractivity contribution in [3.8, 4) is 33.0 Å². The van der Waals surface area contributed by atoms with Crippen LogP contribution in [0.3, 0.4) is 0 Å². The minimum absolute atomic E-state index is 0.0818. The van der Waals surface area contributed by atoms with Crippen molar-refractivity contribution in [2.24, 2.45) is 5.92 Å². The van der Waals surface area contributed by atoms with E-state index in [-0.39, 0.29) is 11.7 Å². The van der Waals surface area contributed by atoms with E-state index in [1.165, 1.54) is 16.3 Å². The van der Waals surface area contributed by atoms with Gasteiger partial charge in [0.15, 0.2) is 0 Å². The fourth-order valence-corrected chi connectivity index (χ4v) is 8.33. The van der Waals surface area contributed by atoms with E-state index in [2.05, 4.69) is 137 Å². The first-order chi connectivity index (χ1) is 23.1.